The number of aromatic amines is 1. The van der Waals surface area contributed by atoms with Crippen molar-refractivity contribution in [2.75, 3.05) is 11.9 Å². The maximum Gasteiger partial charge on any atom is 0.323 e. The molecule has 2 amide bonds. The van der Waals surface area contributed by atoms with Gasteiger partial charge >= 0.3 is 6.03 Å². The lowest BCUT2D eigenvalue weighted by molar-refractivity contribution is 0.192. The van der Waals surface area contributed by atoms with Crippen molar-refractivity contribution in [2.45, 2.75) is 32.2 Å². The third kappa shape index (κ3) is 3.18. The van der Waals surface area contributed by atoms with Gasteiger partial charge in [-0.1, -0.05) is 19.9 Å². The highest BCUT2D eigenvalue weighted by molar-refractivity contribution is 5.89. The number of urea groups is 1. The summed E-state index contributed by atoms with van der Waals surface area (Å²) >= 11 is 0. The van der Waals surface area contributed by atoms with Gasteiger partial charge in [0.1, 0.15) is 11.9 Å². The number of fused-ring (bicyclic) bond motifs is 1. The van der Waals surface area contributed by atoms with Crippen LogP contribution in [0, 0.1) is 0 Å². The Labute approximate surface area is 157 Å². The number of carbonyl (C=O) groups is 1. The number of nitrogens with one attached hydrogen (secondary N) is 2. The van der Waals surface area contributed by atoms with Crippen molar-refractivity contribution < 1.29 is 4.79 Å². The molecular weight excluding hydrogens is 342 g/mol. The van der Waals surface area contributed by atoms with Crippen molar-refractivity contribution in [3.8, 4) is 0 Å². The predicted octanol–water partition coefficient (Wildman–Crippen LogP) is 2.84. The van der Waals surface area contributed by atoms with Gasteiger partial charge in [0.25, 0.3) is 0 Å². The Bertz CT molecular complexity index is 944. The number of amides is 2. The highest BCUT2D eigenvalue weighted by atomic mass is 16.2. The molecule has 0 radical (unpaired) electrons. The van der Waals surface area contributed by atoms with Crippen LogP contribution < -0.4 is 5.32 Å². The van der Waals surface area contributed by atoms with Gasteiger partial charge in [0, 0.05) is 44.2 Å². The molecule has 2 N–H and O–H groups in total. The largest absolute Gasteiger partial charge is 0.348 e. The number of imidazole rings is 1. The maximum atomic E-state index is 13.1. The number of carbonyl (C=O) groups excluding carboxylic acids is 1. The lowest BCUT2D eigenvalue weighted by atomic mass is 9.97. The summed E-state index contributed by atoms with van der Waals surface area (Å²) in [5.41, 5.74) is 3.83. The number of hydrogen-bond acceptors (Lipinski definition) is 4. The summed E-state index contributed by atoms with van der Waals surface area (Å²) in [5.74, 6) is 0.980. The summed E-state index contributed by atoms with van der Waals surface area (Å²) in [5, 5.41) is 7.48. The quantitative estimate of drug-likeness (QED) is 0.746. The molecule has 0 spiro atoms. The van der Waals surface area contributed by atoms with Crippen LogP contribution in [0.5, 0.6) is 0 Å². The summed E-state index contributed by atoms with van der Waals surface area (Å²) in [7, 11) is 1.84. The molecule has 27 heavy (non-hydrogen) atoms. The number of nitrogens with zero attached hydrogens (tertiary/aromatic N) is 5. The smallest absolute Gasteiger partial charge is 0.323 e. The zero-order valence-corrected chi connectivity index (χ0v) is 15.7. The van der Waals surface area contributed by atoms with E-state index in [2.05, 4.69) is 39.2 Å². The number of aromatic nitrogens is 5. The van der Waals surface area contributed by atoms with Gasteiger partial charge in [-0.05, 0) is 17.5 Å². The Morgan fingerprint density at radius 2 is 2.26 bits per heavy atom. The third-order valence-corrected chi connectivity index (χ3v) is 4.91. The summed E-state index contributed by atoms with van der Waals surface area (Å²) < 4.78 is 1.70. The molecule has 4 heterocycles. The van der Waals surface area contributed by atoms with Crippen molar-refractivity contribution in [3.05, 3.63) is 59.6 Å². The monoisotopic (exact) mass is 365 g/mol. The van der Waals surface area contributed by atoms with Gasteiger partial charge < -0.3 is 9.88 Å². The van der Waals surface area contributed by atoms with Crippen molar-refractivity contribution in [2.24, 2.45) is 7.05 Å². The minimum Gasteiger partial charge on any atom is -0.348 e. The Morgan fingerprint density at radius 1 is 1.41 bits per heavy atom. The van der Waals surface area contributed by atoms with Gasteiger partial charge in [0.05, 0.1) is 17.7 Å². The molecule has 4 rings (SSSR count). The molecule has 0 fully saturated rings. The average Bonchev–Trinajstić information content (AvgIpc) is 3.28. The molecule has 0 aliphatic carbocycles. The van der Waals surface area contributed by atoms with Crippen LogP contribution in [0.25, 0.3) is 0 Å². The summed E-state index contributed by atoms with van der Waals surface area (Å²) in [6.07, 6.45) is 5.94. The van der Waals surface area contributed by atoms with Gasteiger partial charge in [-0.2, -0.15) is 5.10 Å². The minimum atomic E-state index is -0.272. The zero-order valence-electron chi connectivity index (χ0n) is 15.7. The molecular formula is C19H23N7O. The molecule has 0 aromatic carbocycles. The van der Waals surface area contributed by atoms with Crippen LogP contribution in [0.15, 0.2) is 36.9 Å². The van der Waals surface area contributed by atoms with Gasteiger partial charge in [0.15, 0.2) is 0 Å². The molecule has 0 saturated carbocycles. The Morgan fingerprint density at radius 3 is 2.96 bits per heavy atom. The Kier molecular flexibility index (Phi) is 4.39. The van der Waals surface area contributed by atoms with E-state index < -0.39 is 0 Å². The number of pyridine rings is 1. The molecule has 1 unspecified atom stereocenters. The van der Waals surface area contributed by atoms with Gasteiger partial charge in [-0.15, -0.1) is 0 Å². The van der Waals surface area contributed by atoms with Crippen LogP contribution in [0.2, 0.25) is 0 Å². The molecule has 0 saturated heterocycles. The SMILES string of the molecule is CC(C)c1cc(NC(=O)N2CCc3[nH]cnc3C2c2cccnc2)n(C)n1. The van der Waals surface area contributed by atoms with E-state index in [4.69, 9.17) is 0 Å². The molecule has 1 atom stereocenters. The van der Waals surface area contributed by atoms with Crippen LogP contribution in [0.3, 0.4) is 0 Å². The number of anilines is 1. The first kappa shape index (κ1) is 17.3. The summed E-state index contributed by atoms with van der Waals surface area (Å²) in [4.78, 5) is 26.8. The second-order valence-corrected chi connectivity index (χ2v) is 7.06. The Balaban J connectivity index is 1.64. The number of aryl methyl sites for hydroxylation is 1. The van der Waals surface area contributed by atoms with Crippen LogP contribution in [-0.4, -0.2) is 42.2 Å². The molecule has 3 aromatic rings. The number of hydrogen-bond donors (Lipinski definition) is 2. The number of rotatable bonds is 3. The van der Waals surface area contributed by atoms with Gasteiger partial charge in [0.2, 0.25) is 0 Å². The third-order valence-electron chi connectivity index (χ3n) is 4.91. The molecule has 3 aromatic heterocycles. The topological polar surface area (TPSA) is 91.7 Å². The van der Waals surface area contributed by atoms with Crippen LogP contribution in [-0.2, 0) is 13.5 Å². The first-order valence-electron chi connectivity index (χ1n) is 9.08. The molecule has 8 heteroatoms. The second-order valence-electron chi connectivity index (χ2n) is 7.06. The minimum absolute atomic E-state index is 0.171. The fraction of sp³-hybridized carbons (Fsp3) is 0.368. The molecule has 1 aliphatic rings. The predicted molar refractivity (Wildman–Crippen MR) is 101 cm³/mol. The standard InChI is InChI=1S/C19H23N7O/c1-12(2)15-9-16(25(3)24-15)23-19(27)26-8-6-14-17(22-11-21-14)18(26)13-5-4-7-20-10-13/h4-5,7,9-12,18H,6,8H2,1-3H3,(H,21,22)(H,23,27). The highest BCUT2D eigenvalue weighted by Crippen LogP contribution is 2.33. The summed E-state index contributed by atoms with van der Waals surface area (Å²) in [6, 6.07) is 5.33. The first-order chi connectivity index (χ1) is 13.0. The van der Waals surface area contributed by atoms with E-state index >= 15 is 0 Å². The number of H-pyrrole nitrogens is 1. The van der Waals surface area contributed by atoms with E-state index in [1.165, 1.54) is 0 Å². The molecule has 8 nitrogen and oxygen atoms in total. The van der Waals surface area contributed by atoms with Crippen molar-refractivity contribution in [1.29, 1.82) is 0 Å². The van der Waals surface area contributed by atoms with Crippen molar-refractivity contribution in [1.82, 2.24) is 29.6 Å². The van der Waals surface area contributed by atoms with Crippen molar-refractivity contribution >= 4 is 11.8 Å². The maximum absolute atomic E-state index is 13.1. The van der Waals surface area contributed by atoms with E-state index in [1.54, 1.807) is 23.4 Å². The van der Waals surface area contributed by atoms with Crippen LogP contribution in [0.1, 0.15) is 48.5 Å². The van der Waals surface area contributed by atoms with Gasteiger partial charge in [-0.3, -0.25) is 15.0 Å². The van der Waals surface area contributed by atoms with Crippen molar-refractivity contribution in [3.63, 3.8) is 0 Å². The molecule has 0 bridgehead atoms. The van der Waals surface area contributed by atoms with Gasteiger partial charge in [-0.25, -0.2) is 9.78 Å². The van der Waals surface area contributed by atoms with Crippen LogP contribution in [0.4, 0.5) is 10.6 Å². The summed E-state index contributed by atoms with van der Waals surface area (Å²) in [6.45, 7) is 4.75. The lowest BCUT2D eigenvalue weighted by Crippen LogP contribution is -2.43. The fourth-order valence-corrected chi connectivity index (χ4v) is 3.44. The molecule has 140 valence electrons. The van der Waals surface area contributed by atoms with E-state index in [-0.39, 0.29) is 12.1 Å². The second kappa shape index (κ2) is 6.86. The first-order valence-corrected chi connectivity index (χ1v) is 9.08. The normalized spacial score (nSPS) is 16.4. The van der Waals surface area contributed by atoms with E-state index in [0.29, 0.717) is 18.3 Å². The molecule has 1 aliphatic heterocycles. The lowest BCUT2D eigenvalue weighted by Gasteiger charge is -2.35. The van der Waals surface area contributed by atoms with E-state index in [9.17, 15) is 4.79 Å². The van der Waals surface area contributed by atoms with E-state index in [1.807, 2.05) is 30.1 Å². The van der Waals surface area contributed by atoms with E-state index in [0.717, 1.165) is 29.1 Å². The zero-order chi connectivity index (χ0) is 19.0. The Hall–Kier alpha value is -3.16. The highest BCUT2D eigenvalue weighted by Gasteiger charge is 2.34. The fourth-order valence-electron chi connectivity index (χ4n) is 3.44. The average molecular weight is 365 g/mol. The van der Waals surface area contributed by atoms with Crippen LogP contribution >= 0.6 is 0 Å².